The third-order valence-corrected chi connectivity index (χ3v) is 3.08. The van der Waals surface area contributed by atoms with Crippen LogP contribution in [0.25, 0.3) is 0 Å². The number of hydrogen-bond donors (Lipinski definition) is 2. The first kappa shape index (κ1) is 15.4. The number of nitrogens with one attached hydrogen (secondary N) is 2. The molecule has 1 heterocycles. The van der Waals surface area contributed by atoms with E-state index in [0.717, 1.165) is 5.56 Å². The normalized spacial score (nSPS) is 11.4. The lowest BCUT2D eigenvalue weighted by molar-refractivity contribution is 0.418. The van der Waals surface area contributed by atoms with Crippen LogP contribution < -0.4 is 10.6 Å². The number of pyridine rings is 1. The second kappa shape index (κ2) is 6.68. The highest BCUT2D eigenvalue weighted by molar-refractivity contribution is 5.40. The van der Waals surface area contributed by atoms with Crippen molar-refractivity contribution in [3.63, 3.8) is 0 Å². The van der Waals surface area contributed by atoms with Gasteiger partial charge in [-0.2, -0.15) is 0 Å². The molecule has 1 aromatic heterocycles. The molecule has 0 bridgehead atoms. The minimum absolute atomic E-state index is 0.0483. The van der Waals surface area contributed by atoms with Gasteiger partial charge in [-0.05, 0) is 32.4 Å². The first-order chi connectivity index (χ1) is 9.96. The van der Waals surface area contributed by atoms with Gasteiger partial charge >= 0.3 is 0 Å². The summed E-state index contributed by atoms with van der Waals surface area (Å²) in [7, 11) is 0. The molecular formula is C17H22FN3. The lowest BCUT2D eigenvalue weighted by atomic mass is 10.1. The molecule has 2 aromatic rings. The third kappa shape index (κ3) is 4.83. The van der Waals surface area contributed by atoms with Crippen molar-refractivity contribution >= 4 is 5.82 Å². The second-order valence-corrected chi connectivity index (χ2v) is 6.08. The van der Waals surface area contributed by atoms with Gasteiger partial charge in [-0.15, -0.1) is 0 Å². The van der Waals surface area contributed by atoms with E-state index in [9.17, 15) is 4.39 Å². The highest BCUT2D eigenvalue weighted by atomic mass is 19.1. The summed E-state index contributed by atoms with van der Waals surface area (Å²) >= 11 is 0. The van der Waals surface area contributed by atoms with Crippen molar-refractivity contribution in [2.75, 3.05) is 5.32 Å². The topological polar surface area (TPSA) is 37.0 Å². The van der Waals surface area contributed by atoms with Gasteiger partial charge in [0.25, 0.3) is 0 Å². The summed E-state index contributed by atoms with van der Waals surface area (Å²) in [5, 5.41) is 6.34. The van der Waals surface area contributed by atoms with Gasteiger partial charge in [0.2, 0.25) is 0 Å². The van der Waals surface area contributed by atoms with Gasteiger partial charge in [0.1, 0.15) is 0 Å². The van der Waals surface area contributed by atoms with Crippen LogP contribution >= 0.6 is 0 Å². The van der Waals surface area contributed by atoms with Gasteiger partial charge < -0.3 is 10.6 Å². The fourth-order valence-corrected chi connectivity index (χ4v) is 1.89. The first-order valence-electron chi connectivity index (χ1n) is 7.12. The number of aromatic nitrogens is 1. The predicted octanol–water partition coefficient (Wildman–Crippen LogP) is 3.72. The highest BCUT2D eigenvalue weighted by Gasteiger charge is 2.13. The van der Waals surface area contributed by atoms with Crippen LogP contribution in [0.15, 0.2) is 42.6 Å². The molecule has 21 heavy (non-hydrogen) atoms. The number of hydrogen-bond acceptors (Lipinski definition) is 3. The van der Waals surface area contributed by atoms with Crippen LogP contribution in [0, 0.1) is 5.82 Å². The van der Waals surface area contributed by atoms with Gasteiger partial charge in [0, 0.05) is 30.4 Å². The molecule has 0 atom stereocenters. The van der Waals surface area contributed by atoms with Crippen molar-refractivity contribution < 1.29 is 4.39 Å². The number of anilines is 1. The Hall–Kier alpha value is -1.94. The quantitative estimate of drug-likeness (QED) is 0.880. The van der Waals surface area contributed by atoms with E-state index in [0.29, 0.717) is 24.5 Å². The fraction of sp³-hybridized carbons (Fsp3) is 0.353. The maximum Gasteiger partial charge on any atom is 0.169 e. The van der Waals surface area contributed by atoms with Crippen LogP contribution in [0.5, 0.6) is 0 Å². The Kier molecular flexibility index (Phi) is 4.91. The molecule has 1 aromatic carbocycles. The maximum absolute atomic E-state index is 14.4. The van der Waals surface area contributed by atoms with E-state index in [4.69, 9.17) is 0 Å². The van der Waals surface area contributed by atoms with Crippen molar-refractivity contribution in [1.29, 1.82) is 0 Å². The van der Waals surface area contributed by atoms with Gasteiger partial charge in [-0.3, -0.25) is 0 Å². The summed E-state index contributed by atoms with van der Waals surface area (Å²) in [5.74, 6) is 0.0113. The molecule has 0 aliphatic carbocycles. The number of nitrogens with zero attached hydrogens (tertiary/aromatic N) is 1. The minimum Gasteiger partial charge on any atom is -0.364 e. The fourth-order valence-electron chi connectivity index (χ4n) is 1.89. The summed E-state index contributed by atoms with van der Waals surface area (Å²) in [6.07, 6.45) is 1.64. The molecule has 0 unspecified atom stereocenters. The largest absolute Gasteiger partial charge is 0.364 e. The molecule has 2 N–H and O–H groups in total. The molecular weight excluding hydrogens is 265 g/mol. The van der Waals surface area contributed by atoms with E-state index in [1.54, 1.807) is 12.3 Å². The standard InChI is InChI=1S/C17H22FN3/c1-17(2,3)21-12-14-9-10-19-16(15(14)18)20-11-13-7-5-4-6-8-13/h4-10,21H,11-12H2,1-3H3,(H,19,20). The minimum atomic E-state index is -0.287. The monoisotopic (exact) mass is 287 g/mol. The number of halogens is 1. The maximum atomic E-state index is 14.4. The Balaban J connectivity index is 2.03. The summed E-state index contributed by atoms with van der Waals surface area (Å²) in [6, 6.07) is 11.6. The third-order valence-electron chi connectivity index (χ3n) is 3.08. The van der Waals surface area contributed by atoms with Crippen LogP contribution in [0.2, 0.25) is 0 Å². The summed E-state index contributed by atoms with van der Waals surface area (Å²) in [6.45, 7) is 7.21. The van der Waals surface area contributed by atoms with E-state index in [1.807, 2.05) is 30.3 Å². The molecule has 3 nitrogen and oxygen atoms in total. The van der Waals surface area contributed by atoms with E-state index < -0.39 is 0 Å². The second-order valence-electron chi connectivity index (χ2n) is 6.08. The van der Waals surface area contributed by atoms with E-state index >= 15 is 0 Å². The lowest BCUT2D eigenvalue weighted by Crippen LogP contribution is -2.35. The average molecular weight is 287 g/mol. The first-order valence-corrected chi connectivity index (χ1v) is 7.12. The zero-order chi connectivity index (χ0) is 15.3. The molecule has 0 amide bonds. The van der Waals surface area contributed by atoms with Crippen molar-refractivity contribution in [3.8, 4) is 0 Å². The van der Waals surface area contributed by atoms with Crippen molar-refractivity contribution in [1.82, 2.24) is 10.3 Å². The van der Waals surface area contributed by atoms with Gasteiger partial charge in [0.15, 0.2) is 11.6 Å². The SMILES string of the molecule is CC(C)(C)NCc1ccnc(NCc2ccccc2)c1F. The molecule has 112 valence electrons. The Morgan fingerprint density at radius 1 is 1.05 bits per heavy atom. The molecule has 0 aliphatic rings. The van der Waals surface area contributed by atoms with Gasteiger partial charge in [-0.25, -0.2) is 9.37 Å². The summed E-state index contributed by atoms with van der Waals surface area (Å²) in [4.78, 5) is 4.08. The average Bonchev–Trinajstić information content (AvgIpc) is 2.45. The molecule has 0 aliphatic heterocycles. The molecule has 0 saturated heterocycles. The van der Waals surface area contributed by atoms with E-state index in [1.165, 1.54) is 0 Å². The molecule has 0 fully saturated rings. The molecule has 0 saturated carbocycles. The molecule has 2 rings (SSSR count). The Bertz CT molecular complexity index is 576. The predicted molar refractivity (Wildman–Crippen MR) is 84.6 cm³/mol. The Morgan fingerprint density at radius 3 is 2.43 bits per heavy atom. The summed E-state index contributed by atoms with van der Waals surface area (Å²) < 4.78 is 14.4. The van der Waals surface area contributed by atoms with Crippen molar-refractivity contribution in [2.24, 2.45) is 0 Å². The lowest BCUT2D eigenvalue weighted by Gasteiger charge is -2.21. The van der Waals surface area contributed by atoms with Crippen molar-refractivity contribution in [2.45, 2.75) is 39.4 Å². The summed E-state index contributed by atoms with van der Waals surface area (Å²) in [5.41, 5.74) is 1.67. The van der Waals surface area contributed by atoms with Crippen LogP contribution in [0.1, 0.15) is 31.9 Å². The zero-order valence-electron chi connectivity index (χ0n) is 12.8. The number of benzene rings is 1. The zero-order valence-corrected chi connectivity index (χ0v) is 12.8. The van der Waals surface area contributed by atoms with Crippen LogP contribution in [-0.4, -0.2) is 10.5 Å². The van der Waals surface area contributed by atoms with Crippen LogP contribution in [0.3, 0.4) is 0 Å². The van der Waals surface area contributed by atoms with Crippen LogP contribution in [0.4, 0.5) is 10.2 Å². The smallest absolute Gasteiger partial charge is 0.169 e. The van der Waals surface area contributed by atoms with Gasteiger partial charge in [0.05, 0.1) is 0 Å². The molecule has 0 spiro atoms. The van der Waals surface area contributed by atoms with Crippen LogP contribution in [-0.2, 0) is 13.1 Å². The molecule has 4 heteroatoms. The number of rotatable bonds is 5. The van der Waals surface area contributed by atoms with E-state index in [-0.39, 0.29) is 11.4 Å². The van der Waals surface area contributed by atoms with Crippen molar-refractivity contribution in [3.05, 3.63) is 59.5 Å². The Labute approximate surface area is 125 Å². The van der Waals surface area contributed by atoms with Gasteiger partial charge in [-0.1, -0.05) is 30.3 Å². The molecule has 0 radical (unpaired) electrons. The Morgan fingerprint density at radius 2 is 1.76 bits per heavy atom. The van der Waals surface area contributed by atoms with E-state index in [2.05, 4.69) is 36.4 Å². The highest BCUT2D eigenvalue weighted by Crippen LogP contribution is 2.16.